The lowest BCUT2D eigenvalue weighted by molar-refractivity contribution is -0.149. The first-order valence-electron chi connectivity index (χ1n) is 7.57. The molecule has 2 aromatic heterocycles. The lowest BCUT2D eigenvalue weighted by atomic mass is 10.1. The van der Waals surface area contributed by atoms with Gasteiger partial charge in [0.2, 0.25) is 0 Å². The molecule has 2 aromatic rings. The molecule has 0 bridgehead atoms. The summed E-state index contributed by atoms with van der Waals surface area (Å²) >= 11 is 1.83. The molecular formula is C12H15IN5O9P. The smallest absolute Gasteiger partial charge is 0.365 e. The number of ether oxygens (including phenoxy) is 2. The number of fused-ring (bicyclic) bond motifs is 1. The van der Waals surface area contributed by atoms with E-state index in [0.29, 0.717) is 3.83 Å². The Morgan fingerprint density at radius 1 is 1.39 bits per heavy atom. The van der Waals surface area contributed by atoms with Crippen molar-refractivity contribution in [2.24, 2.45) is 0 Å². The van der Waals surface area contributed by atoms with E-state index in [2.05, 4.69) is 15.0 Å². The number of nitrogens with zero attached hydrogens (tertiary/aromatic N) is 4. The quantitative estimate of drug-likeness (QED) is 0.138. The first kappa shape index (κ1) is 21.3. The molecule has 1 aliphatic rings. The van der Waals surface area contributed by atoms with Crippen molar-refractivity contribution in [1.29, 1.82) is 0 Å². The van der Waals surface area contributed by atoms with Gasteiger partial charge < -0.3 is 40.3 Å². The fraction of sp³-hybridized carbons (Fsp3) is 0.500. The number of halogens is 1. The monoisotopic (exact) mass is 531 g/mol. The minimum Gasteiger partial charge on any atom is -0.479 e. The van der Waals surface area contributed by atoms with Crippen molar-refractivity contribution in [2.75, 3.05) is 12.3 Å². The second-order valence-electron chi connectivity index (χ2n) is 5.86. The minimum atomic E-state index is -5.10. The van der Waals surface area contributed by atoms with Crippen LogP contribution in [0.5, 0.6) is 0 Å². The number of carboxylic acids is 1. The van der Waals surface area contributed by atoms with E-state index in [9.17, 15) is 19.6 Å². The van der Waals surface area contributed by atoms with Crippen molar-refractivity contribution < 1.29 is 43.9 Å². The second-order valence-corrected chi connectivity index (χ2v) is 8.47. The molecule has 1 saturated heterocycles. The van der Waals surface area contributed by atoms with Crippen molar-refractivity contribution in [3.05, 3.63) is 10.2 Å². The maximum absolute atomic E-state index is 11.2. The number of rotatable bonds is 6. The predicted molar refractivity (Wildman–Crippen MR) is 97.8 cm³/mol. The van der Waals surface area contributed by atoms with Gasteiger partial charge in [0.25, 0.3) is 5.85 Å². The third-order valence-corrected chi connectivity index (χ3v) is 5.43. The third kappa shape index (κ3) is 3.97. The molecule has 7 N–H and O–H groups in total. The van der Waals surface area contributed by atoms with E-state index in [-0.39, 0.29) is 17.0 Å². The van der Waals surface area contributed by atoms with Crippen LogP contribution in [-0.2, 0) is 18.8 Å². The fourth-order valence-electron chi connectivity index (χ4n) is 2.69. The molecule has 14 nitrogen and oxygen atoms in total. The molecule has 0 spiro atoms. The standard InChI is InChI=1S/C12H15IN5O9P/c13-12-16-7(14)4-8(17-12)18(2-15-4)9-6(20)5(19)3(27-9)1-26-11(10(21)22)28(23,24)25/h2-3,5-6,9,11,19-20H,1H2,(H,21,22)(H2,14,16,17)(H2,23,24,25)/t3-,5-,6-,9-,11+/m1/s1. The maximum Gasteiger partial charge on any atom is 0.365 e. The van der Waals surface area contributed by atoms with Gasteiger partial charge in [-0.3, -0.25) is 9.13 Å². The van der Waals surface area contributed by atoms with Crippen molar-refractivity contribution in [2.45, 2.75) is 30.4 Å². The van der Waals surface area contributed by atoms with Crippen LogP contribution in [0.2, 0.25) is 0 Å². The van der Waals surface area contributed by atoms with Gasteiger partial charge in [-0.05, 0) is 0 Å². The zero-order chi connectivity index (χ0) is 20.8. The summed E-state index contributed by atoms with van der Waals surface area (Å²) in [7, 11) is -5.10. The van der Waals surface area contributed by atoms with Crippen LogP contribution >= 0.6 is 30.2 Å². The van der Waals surface area contributed by atoms with Crippen LogP contribution in [0.3, 0.4) is 0 Å². The predicted octanol–water partition coefficient (Wildman–Crippen LogP) is -1.76. The Kier molecular flexibility index (Phi) is 5.88. The highest BCUT2D eigenvalue weighted by molar-refractivity contribution is 14.1. The van der Waals surface area contributed by atoms with Crippen molar-refractivity contribution >= 4 is 53.1 Å². The van der Waals surface area contributed by atoms with Crippen molar-refractivity contribution in [3.8, 4) is 0 Å². The Morgan fingerprint density at radius 3 is 2.68 bits per heavy atom. The molecule has 0 aromatic carbocycles. The summed E-state index contributed by atoms with van der Waals surface area (Å²) in [5.41, 5.74) is 6.25. The third-order valence-electron chi connectivity index (χ3n) is 3.97. The number of imidazole rings is 1. The highest BCUT2D eigenvalue weighted by Crippen LogP contribution is 2.42. The number of aliphatic hydroxyl groups excluding tert-OH is 2. The molecule has 0 amide bonds. The van der Waals surface area contributed by atoms with Crippen LogP contribution in [0.25, 0.3) is 11.2 Å². The zero-order valence-corrected chi connectivity index (χ0v) is 16.8. The molecule has 5 atom stereocenters. The minimum absolute atomic E-state index is 0.104. The van der Waals surface area contributed by atoms with E-state index in [1.165, 1.54) is 10.9 Å². The maximum atomic E-state index is 11.2. The van der Waals surface area contributed by atoms with Gasteiger partial charge in [0.05, 0.1) is 12.9 Å². The molecule has 0 radical (unpaired) electrons. The second kappa shape index (κ2) is 7.75. The lowest BCUT2D eigenvalue weighted by Crippen LogP contribution is -2.36. The molecule has 0 aliphatic carbocycles. The van der Waals surface area contributed by atoms with Gasteiger partial charge >= 0.3 is 13.6 Å². The number of carbonyl (C=O) groups is 1. The van der Waals surface area contributed by atoms with Gasteiger partial charge in [-0.1, -0.05) is 0 Å². The highest BCUT2D eigenvalue weighted by Gasteiger charge is 2.46. The highest BCUT2D eigenvalue weighted by atomic mass is 127. The molecular weight excluding hydrogens is 516 g/mol. The Bertz CT molecular complexity index is 951. The van der Waals surface area contributed by atoms with Crippen molar-refractivity contribution in [3.63, 3.8) is 0 Å². The number of carboxylic acid groups (broad SMARTS) is 1. The van der Waals surface area contributed by atoms with Gasteiger partial charge in [0.15, 0.2) is 21.5 Å². The summed E-state index contributed by atoms with van der Waals surface area (Å²) in [6.07, 6.45) is -4.21. The van der Waals surface area contributed by atoms with Gasteiger partial charge in [-0.15, -0.1) is 0 Å². The summed E-state index contributed by atoms with van der Waals surface area (Å²) in [5.74, 6) is -4.20. The SMILES string of the molecule is Nc1nc(I)nc2c1ncn2[C@@H]1O[C@H](CO[C@H](C(=O)O)P(=O)(O)O)[C@@H](O)[C@H]1O. The molecule has 16 heteroatoms. The molecule has 154 valence electrons. The summed E-state index contributed by atoms with van der Waals surface area (Å²) in [5, 5.41) is 29.3. The van der Waals surface area contributed by atoms with Gasteiger partial charge in [-0.25, -0.2) is 19.7 Å². The van der Waals surface area contributed by atoms with Crippen LogP contribution in [0.1, 0.15) is 6.23 Å². The number of aromatic nitrogens is 4. The van der Waals surface area contributed by atoms with E-state index >= 15 is 0 Å². The zero-order valence-electron chi connectivity index (χ0n) is 13.7. The lowest BCUT2D eigenvalue weighted by Gasteiger charge is -2.19. The van der Waals surface area contributed by atoms with Gasteiger partial charge in [0, 0.05) is 22.6 Å². The van der Waals surface area contributed by atoms with E-state index in [1.807, 2.05) is 22.6 Å². The van der Waals surface area contributed by atoms with Gasteiger partial charge in [0.1, 0.15) is 23.8 Å². The van der Waals surface area contributed by atoms with E-state index in [0.717, 1.165) is 0 Å². The van der Waals surface area contributed by atoms with Crippen LogP contribution in [0.15, 0.2) is 6.33 Å². The molecule has 28 heavy (non-hydrogen) atoms. The topological polar surface area (TPSA) is 223 Å². The summed E-state index contributed by atoms with van der Waals surface area (Å²) < 4.78 is 23.0. The normalized spacial score (nSPS) is 26.6. The number of hydrogen-bond donors (Lipinski definition) is 6. The number of aliphatic carboxylic acids is 1. The van der Waals surface area contributed by atoms with E-state index < -0.39 is 50.6 Å². The molecule has 3 heterocycles. The summed E-state index contributed by atoms with van der Waals surface area (Å²) in [4.78, 5) is 41.2. The Morgan fingerprint density at radius 2 is 2.07 bits per heavy atom. The van der Waals surface area contributed by atoms with Gasteiger partial charge in [-0.2, -0.15) is 0 Å². The average molecular weight is 531 g/mol. The largest absolute Gasteiger partial charge is 0.479 e. The van der Waals surface area contributed by atoms with E-state index in [1.54, 1.807) is 0 Å². The van der Waals surface area contributed by atoms with E-state index in [4.69, 9.17) is 30.1 Å². The molecule has 1 fully saturated rings. The number of hydrogen-bond acceptors (Lipinski definition) is 10. The number of anilines is 1. The first-order valence-corrected chi connectivity index (χ1v) is 10.3. The fourth-order valence-corrected chi connectivity index (χ4v) is 3.75. The summed E-state index contributed by atoms with van der Waals surface area (Å²) in [6.45, 7) is -0.696. The number of nitrogens with two attached hydrogens (primary N) is 1. The average Bonchev–Trinajstić information content (AvgIpc) is 3.09. The molecule has 3 rings (SSSR count). The van der Waals surface area contributed by atoms with Crippen LogP contribution in [0.4, 0.5) is 5.82 Å². The Labute approximate surface area is 169 Å². The van der Waals surface area contributed by atoms with Crippen LogP contribution in [-0.4, -0.2) is 81.4 Å². The number of aliphatic hydroxyl groups is 2. The number of nitrogen functional groups attached to an aromatic ring is 1. The van der Waals surface area contributed by atoms with Crippen LogP contribution in [0, 0.1) is 3.83 Å². The molecule has 1 aliphatic heterocycles. The molecule has 0 unspecified atom stereocenters. The Hall–Kier alpha value is -1.46. The van der Waals surface area contributed by atoms with Crippen molar-refractivity contribution in [1.82, 2.24) is 19.5 Å². The summed E-state index contributed by atoms with van der Waals surface area (Å²) in [6, 6.07) is 0. The van der Waals surface area contributed by atoms with Crippen LogP contribution < -0.4 is 5.73 Å². The molecule has 0 saturated carbocycles. The Balaban J connectivity index is 1.81. The first-order chi connectivity index (χ1) is 13.0.